The highest BCUT2D eigenvalue weighted by Gasteiger charge is 2.19. The van der Waals surface area contributed by atoms with Gasteiger partial charge >= 0.3 is 0 Å². The van der Waals surface area contributed by atoms with Gasteiger partial charge in [0.25, 0.3) is 0 Å². The SMILES string of the molecule is CNC(C)(C)c1cc(Cl)ccc1C. The van der Waals surface area contributed by atoms with E-state index in [4.69, 9.17) is 11.6 Å². The van der Waals surface area contributed by atoms with Crippen molar-refractivity contribution < 1.29 is 0 Å². The second-order valence-electron chi connectivity index (χ2n) is 3.83. The molecule has 0 amide bonds. The van der Waals surface area contributed by atoms with Crippen LogP contribution in [0.3, 0.4) is 0 Å². The fourth-order valence-electron chi connectivity index (χ4n) is 1.40. The number of rotatable bonds is 2. The molecule has 0 aliphatic carbocycles. The lowest BCUT2D eigenvalue weighted by Crippen LogP contribution is -2.33. The molecule has 0 bridgehead atoms. The summed E-state index contributed by atoms with van der Waals surface area (Å²) in [4.78, 5) is 0. The van der Waals surface area contributed by atoms with Gasteiger partial charge in [0, 0.05) is 10.6 Å². The average Bonchev–Trinajstić information content (AvgIpc) is 2.09. The van der Waals surface area contributed by atoms with E-state index < -0.39 is 0 Å². The van der Waals surface area contributed by atoms with Crippen LogP contribution in [0, 0.1) is 6.92 Å². The molecule has 0 fully saturated rings. The second kappa shape index (κ2) is 3.69. The largest absolute Gasteiger partial charge is 0.311 e. The van der Waals surface area contributed by atoms with Gasteiger partial charge in [-0.3, -0.25) is 0 Å². The molecule has 0 saturated carbocycles. The minimum absolute atomic E-state index is 0.0189. The molecule has 1 aromatic carbocycles. The monoisotopic (exact) mass is 197 g/mol. The zero-order chi connectivity index (χ0) is 10.1. The highest BCUT2D eigenvalue weighted by Crippen LogP contribution is 2.25. The quantitative estimate of drug-likeness (QED) is 0.769. The Bertz CT molecular complexity index is 305. The molecule has 0 aliphatic heterocycles. The van der Waals surface area contributed by atoms with Crippen molar-refractivity contribution in [2.45, 2.75) is 26.3 Å². The molecule has 1 N–H and O–H groups in total. The zero-order valence-corrected chi connectivity index (χ0v) is 9.37. The Morgan fingerprint density at radius 2 is 1.92 bits per heavy atom. The smallest absolute Gasteiger partial charge is 0.0409 e. The second-order valence-corrected chi connectivity index (χ2v) is 4.27. The molecule has 0 atom stereocenters. The summed E-state index contributed by atoms with van der Waals surface area (Å²) in [5, 5.41) is 4.06. The Kier molecular flexibility index (Phi) is 2.99. The Morgan fingerprint density at radius 1 is 1.31 bits per heavy atom. The summed E-state index contributed by atoms with van der Waals surface area (Å²) in [6, 6.07) is 6.00. The van der Waals surface area contributed by atoms with Crippen molar-refractivity contribution >= 4 is 11.6 Å². The van der Waals surface area contributed by atoms with Crippen LogP contribution in [-0.2, 0) is 5.54 Å². The lowest BCUT2D eigenvalue weighted by atomic mass is 9.91. The van der Waals surface area contributed by atoms with E-state index in [-0.39, 0.29) is 5.54 Å². The van der Waals surface area contributed by atoms with Crippen molar-refractivity contribution in [1.82, 2.24) is 5.32 Å². The van der Waals surface area contributed by atoms with E-state index in [2.05, 4.69) is 32.2 Å². The van der Waals surface area contributed by atoms with Gasteiger partial charge in [0.2, 0.25) is 0 Å². The first-order valence-electron chi connectivity index (χ1n) is 4.43. The fraction of sp³-hybridized carbons (Fsp3) is 0.455. The molecule has 2 heteroatoms. The van der Waals surface area contributed by atoms with Gasteiger partial charge in [0.15, 0.2) is 0 Å². The first kappa shape index (κ1) is 10.6. The summed E-state index contributed by atoms with van der Waals surface area (Å²) in [6.45, 7) is 6.39. The summed E-state index contributed by atoms with van der Waals surface area (Å²) >= 11 is 5.95. The standard InChI is InChI=1S/C11H16ClN/c1-8-5-6-9(12)7-10(8)11(2,3)13-4/h5-7,13H,1-4H3. The molecule has 1 aromatic rings. The van der Waals surface area contributed by atoms with E-state index >= 15 is 0 Å². The van der Waals surface area contributed by atoms with E-state index in [0.717, 1.165) is 5.02 Å². The van der Waals surface area contributed by atoms with E-state index in [1.807, 2.05) is 19.2 Å². The van der Waals surface area contributed by atoms with E-state index in [9.17, 15) is 0 Å². The molecule has 1 rings (SSSR count). The van der Waals surface area contributed by atoms with Gasteiger partial charge in [-0.05, 0) is 51.1 Å². The van der Waals surface area contributed by atoms with Crippen LogP contribution in [0.5, 0.6) is 0 Å². The van der Waals surface area contributed by atoms with Crippen LogP contribution < -0.4 is 5.32 Å². The Balaban J connectivity index is 3.20. The third-order valence-corrected chi connectivity index (χ3v) is 2.73. The molecule has 0 aromatic heterocycles. The minimum Gasteiger partial charge on any atom is -0.311 e. The van der Waals surface area contributed by atoms with Crippen molar-refractivity contribution in [3.8, 4) is 0 Å². The minimum atomic E-state index is -0.0189. The number of hydrogen-bond donors (Lipinski definition) is 1. The molecular weight excluding hydrogens is 182 g/mol. The molecule has 1 nitrogen and oxygen atoms in total. The van der Waals surface area contributed by atoms with Gasteiger partial charge in [0.05, 0.1) is 0 Å². The number of halogens is 1. The Hall–Kier alpha value is -0.530. The molecule has 0 spiro atoms. The molecule has 0 aliphatic rings. The number of hydrogen-bond acceptors (Lipinski definition) is 1. The zero-order valence-electron chi connectivity index (χ0n) is 8.61. The van der Waals surface area contributed by atoms with Crippen LogP contribution in [0.15, 0.2) is 18.2 Å². The lowest BCUT2D eigenvalue weighted by Gasteiger charge is -2.26. The van der Waals surface area contributed by atoms with E-state index in [1.54, 1.807) is 0 Å². The first-order valence-corrected chi connectivity index (χ1v) is 4.80. The Morgan fingerprint density at radius 3 is 2.46 bits per heavy atom. The molecule has 0 heterocycles. The molecule has 0 unspecified atom stereocenters. The molecule has 13 heavy (non-hydrogen) atoms. The van der Waals surface area contributed by atoms with Crippen molar-refractivity contribution in [1.29, 1.82) is 0 Å². The van der Waals surface area contributed by atoms with Crippen LogP contribution in [0.25, 0.3) is 0 Å². The van der Waals surface area contributed by atoms with Gasteiger partial charge in [0.1, 0.15) is 0 Å². The molecule has 72 valence electrons. The summed E-state index contributed by atoms with van der Waals surface area (Å²) in [7, 11) is 1.96. The normalized spacial score (nSPS) is 11.8. The maximum absolute atomic E-state index is 5.95. The molecular formula is C11H16ClN. The van der Waals surface area contributed by atoms with Crippen LogP contribution in [0.1, 0.15) is 25.0 Å². The summed E-state index contributed by atoms with van der Waals surface area (Å²) in [5.41, 5.74) is 2.50. The van der Waals surface area contributed by atoms with Gasteiger partial charge < -0.3 is 5.32 Å². The maximum atomic E-state index is 5.95. The number of nitrogens with one attached hydrogen (secondary N) is 1. The highest BCUT2D eigenvalue weighted by molar-refractivity contribution is 6.30. The van der Waals surface area contributed by atoms with Crippen LogP contribution in [0.4, 0.5) is 0 Å². The third-order valence-electron chi connectivity index (χ3n) is 2.50. The fourth-order valence-corrected chi connectivity index (χ4v) is 1.57. The molecule has 0 radical (unpaired) electrons. The number of benzene rings is 1. The summed E-state index contributed by atoms with van der Waals surface area (Å²) < 4.78 is 0. The van der Waals surface area contributed by atoms with E-state index in [0.29, 0.717) is 0 Å². The van der Waals surface area contributed by atoms with Crippen molar-refractivity contribution in [3.63, 3.8) is 0 Å². The van der Waals surface area contributed by atoms with Gasteiger partial charge in [-0.15, -0.1) is 0 Å². The van der Waals surface area contributed by atoms with E-state index in [1.165, 1.54) is 11.1 Å². The predicted molar refractivity (Wildman–Crippen MR) is 58.3 cm³/mol. The van der Waals surface area contributed by atoms with Crippen LogP contribution in [0.2, 0.25) is 5.02 Å². The van der Waals surface area contributed by atoms with Crippen molar-refractivity contribution in [3.05, 3.63) is 34.3 Å². The predicted octanol–water partition coefficient (Wildman–Crippen LogP) is 3.10. The van der Waals surface area contributed by atoms with Crippen LogP contribution in [-0.4, -0.2) is 7.05 Å². The van der Waals surface area contributed by atoms with Gasteiger partial charge in [-0.25, -0.2) is 0 Å². The highest BCUT2D eigenvalue weighted by atomic mass is 35.5. The lowest BCUT2D eigenvalue weighted by molar-refractivity contribution is 0.442. The van der Waals surface area contributed by atoms with Gasteiger partial charge in [-0.1, -0.05) is 17.7 Å². The van der Waals surface area contributed by atoms with Crippen LogP contribution >= 0.6 is 11.6 Å². The molecule has 0 saturated heterocycles. The van der Waals surface area contributed by atoms with Crippen molar-refractivity contribution in [2.24, 2.45) is 0 Å². The first-order chi connectivity index (χ1) is 5.97. The Labute approximate surface area is 85.1 Å². The third kappa shape index (κ3) is 2.23. The topological polar surface area (TPSA) is 12.0 Å². The van der Waals surface area contributed by atoms with Crippen molar-refractivity contribution in [2.75, 3.05) is 7.05 Å². The summed E-state index contributed by atoms with van der Waals surface area (Å²) in [5.74, 6) is 0. The summed E-state index contributed by atoms with van der Waals surface area (Å²) in [6.07, 6.45) is 0. The number of aryl methyl sites for hydroxylation is 1. The average molecular weight is 198 g/mol. The maximum Gasteiger partial charge on any atom is 0.0409 e. The van der Waals surface area contributed by atoms with Gasteiger partial charge in [-0.2, -0.15) is 0 Å².